The van der Waals surface area contributed by atoms with Gasteiger partial charge in [0.1, 0.15) is 0 Å². The van der Waals surface area contributed by atoms with Gasteiger partial charge in [-0.15, -0.1) is 11.1 Å². The Morgan fingerprint density at radius 3 is 1.32 bits per heavy atom. The van der Waals surface area contributed by atoms with E-state index in [2.05, 4.69) is 114 Å². The molecule has 2 aromatic rings. The smallest absolute Gasteiger partial charge is 1.00 e. The Hall–Kier alpha value is -0.933. The molecule has 0 saturated carbocycles. The van der Waals surface area contributed by atoms with Crippen LogP contribution in [0.5, 0.6) is 0 Å². The van der Waals surface area contributed by atoms with Gasteiger partial charge in [0.15, 0.2) is 0 Å². The summed E-state index contributed by atoms with van der Waals surface area (Å²) in [5.41, 5.74) is 10.8. The second kappa shape index (κ2) is 18.4. The first kappa shape index (κ1) is 36.1. The Kier molecular flexibility index (Phi) is 17.9. The van der Waals surface area contributed by atoms with Gasteiger partial charge in [-0.2, -0.15) is 23.3 Å². The molecule has 1 heterocycles. The maximum absolute atomic E-state index is 3.43. The minimum absolute atomic E-state index is 0. The molecule has 2 radical (unpaired) electrons. The fourth-order valence-electron chi connectivity index (χ4n) is 4.39. The fraction of sp³-hybridized carbons (Fsp3) is 0.394. The summed E-state index contributed by atoms with van der Waals surface area (Å²) < 4.78 is 0. The van der Waals surface area contributed by atoms with Crippen LogP contribution in [-0.4, -0.2) is 9.52 Å². The van der Waals surface area contributed by atoms with Crippen LogP contribution in [-0.2, 0) is 38.7 Å². The Balaban J connectivity index is 0.000000567. The zero-order valence-corrected chi connectivity index (χ0v) is 29.3. The van der Waals surface area contributed by atoms with Crippen LogP contribution in [0.15, 0.2) is 71.8 Å². The molecule has 0 aromatic heterocycles. The van der Waals surface area contributed by atoms with E-state index in [1.54, 1.807) is 0 Å². The van der Waals surface area contributed by atoms with Crippen molar-refractivity contribution in [2.45, 2.75) is 72.9 Å². The molecule has 194 valence electrons. The van der Waals surface area contributed by atoms with Crippen molar-refractivity contribution in [3.05, 3.63) is 106 Å². The minimum atomic E-state index is 0. The van der Waals surface area contributed by atoms with Gasteiger partial charge in [-0.1, -0.05) is 120 Å². The molecular formula is C33H40Cl2HfSi. The summed E-state index contributed by atoms with van der Waals surface area (Å²) in [6.45, 7) is 13.0. The van der Waals surface area contributed by atoms with Crippen molar-refractivity contribution in [2.24, 2.45) is 11.8 Å². The molecule has 37 heavy (non-hydrogen) atoms. The van der Waals surface area contributed by atoms with Gasteiger partial charge >= 0.3 is 25.8 Å². The molecule has 0 nitrogen and oxygen atoms in total. The van der Waals surface area contributed by atoms with E-state index in [1.165, 1.54) is 72.6 Å². The monoisotopic (exact) mass is 714 g/mol. The van der Waals surface area contributed by atoms with Crippen molar-refractivity contribution < 1.29 is 50.7 Å². The van der Waals surface area contributed by atoms with Crippen LogP contribution < -0.4 is 24.8 Å². The Labute approximate surface area is 260 Å². The van der Waals surface area contributed by atoms with E-state index >= 15 is 0 Å². The van der Waals surface area contributed by atoms with Crippen LogP contribution >= 0.6 is 0 Å². The van der Waals surface area contributed by atoms with E-state index in [9.17, 15) is 0 Å². The molecule has 1 aliphatic heterocycles. The molecule has 0 spiro atoms. The predicted octanol–water partition coefficient (Wildman–Crippen LogP) is 3.00. The second-order valence-corrected chi connectivity index (χ2v) is 11.0. The van der Waals surface area contributed by atoms with Crippen LogP contribution in [0.3, 0.4) is 0 Å². The third-order valence-corrected chi connectivity index (χ3v) is 7.94. The summed E-state index contributed by atoms with van der Waals surface area (Å²) in [4.78, 5) is 0. The van der Waals surface area contributed by atoms with Gasteiger partial charge in [-0.05, 0) is 24.0 Å². The molecule has 2 atom stereocenters. The zero-order chi connectivity index (χ0) is 24.5. The van der Waals surface area contributed by atoms with E-state index < -0.39 is 0 Å². The summed E-state index contributed by atoms with van der Waals surface area (Å²) in [6.07, 6.45) is 15.2. The van der Waals surface area contributed by atoms with Gasteiger partial charge in [-0.3, -0.25) is 12.2 Å². The first-order chi connectivity index (χ1) is 16.4. The van der Waals surface area contributed by atoms with E-state index in [0.29, 0.717) is 11.8 Å². The standard InChI is InChI=1S/2C15H17.C3H6Si.2ClH.Hf/c2*1-4-13-6-5-7-14(10-13)15-9-11(2)8-12(15)3;1-2-4-3-1;;;/h2*5-7,9-11H,4H2,1-3H3;1-3H2;2*1H;/q2*-1;;;;+4/p-2. The van der Waals surface area contributed by atoms with Crippen molar-refractivity contribution in [1.29, 1.82) is 0 Å². The summed E-state index contributed by atoms with van der Waals surface area (Å²) in [6, 6.07) is 20.7. The Morgan fingerprint density at radius 1 is 0.730 bits per heavy atom. The summed E-state index contributed by atoms with van der Waals surface area (Å²) >= 11 is 0. The van der Waals surface area contributed by atoms with Crippen LogP contribution in [0, 0.1) is 24.0 Å². The van der Waals surface area contributed by atoms with Crippen LogP contribution in [0.2, 0.25) is 12.1 Å². The first-order valence-electron chi connectivity index (χ1n) is 12.9. The largest absolute Gasteiger partial charge is 4.00 e. The first-order valence-corrected chi connectivity index (χ1v) is 14.4. The van der Waals surface area contributed by atoms with Gasteiger partial charge in [0.25, 0.3) is 0 Å². The summed E-state index contributed by atoms with van der Waals surface area (Å²) in [5.74, 6) is 0.926. The van der Waals surface area contributed by atoms with E-state index in [4.69, 9.17) is 0 Å². The van der Waals surface area contributed by atoms with Crippen molar-refractivity contribution >= 4 is 20.7 Å². The second-order valence-electron chi connectivity index (χ2n) is 9.49. The molecule has 0 amide bonds. The third-order valence-electron chi connectivity index (χ3n) is 6.53. The minimum Gasteiger partial charge on any atom is -1.00 e. The quantitative estimate of drug-likeness (QED) is 0.338. The number of halogens is 2. The number of benzene rings is 2. The van der Waals surface area contributed by atoms with Gasteiger partial charge in [-0.25, -0.2) is 11.1 Å². The molecule has 2 aliphatic carbocycles. The van der Waals surface area contributed by atoms with Crippen molar-refractivity contribution in [1.82, 2.24) is 0 Å². The molecule has 1 fully saturated rings. The van der Waals surface area contributed by atoms with Crippen molar-refractivity contribution in [3.8, 4) is 0 Å². The van der Waals surface area contributed by atoms with E-state index in [0.717, 1.165) is 12.8 Å². The van der Waals surface area contributed by atoms with Gasteiger partial charge in [0.05, 0.1) is 0 Å². The van der Waals surface area contributed by atoms with Crippen molar-refractivity contribution in [3.63, 3.8) is 0 Å². The van der Waals surface area contributed by atoms with Gasteiger partial charge in [0, 0.05) is 9.52 Å². The topological polar surface area (TPSA) is 0 Å². The number of hydrogen-bond donors (Lipinski definition) is 0. The third kappa shape index (κ3) is 11.0. The SMILES string of the molecule is C1C[Si]C1.CCc1cccc(C2=CC(C)[C-]=C2C)c1.CCc1cccc(C2=CC(C)[C-]=C2C)c1.[Cl-].[Cl-].[Hf+4]. The Morgan fingerprint density at radius 2 is 1.08 bits per heavy atom. The number of allylic oxidation sites excluding steroid dienone is 8. The maximum Gasteiger partial charge on any atom is 4.00 e. The summed E-state index contributed by atoms with van der Waals surface area (Å²) in [7, 11) is 1.32. The number of rotatable bonds is 4. The molecule has 5 rings (SSSR count). The molecule has 0 N–H and O–H groups in total. The molecule has 3 aliphatic rings. The molecule has 0 bridgehead atoms. The van der Waals surface area contributed by atoms with Crippen LogP contribution in [0.1, 0.15) is 70.2 Å². The fourth-order valence-corrected chi connectivity index (χ4v) is 4.75. The van der Waals surface area contributed by atoms with E-state index in [-0.39, 0.29) is 50.7 Å². The molecule has 2 aromatic carbocycles. The predicted molar refractivity (Wildman–Crippen MR) is 151 cm³/mol. The van der Waals surface area contributed by atoms with Crippen LogP contribution in [0.25, 0.3) is 11.1 Å². The Bertz CT molecular complexity index is 1010. The molecular weight excluding hydrogens is 674 g/mol. The molecule has 2 unspecified atom stereocenters. The molecule has 1 saturated heterocycles. The molecule has 4 heteroatoms. The van der Waals surface area contributed by atoms with Gasteiger partial charge < -0.3 is 24.8 Å². The average molecular weight is 714 g/mol. The normalized spacial score (nSPS) is 18.9. The zero-order valence-electron chi connectivity index (χ0n) is 23.2. The average Bonchev–Trinajstić information content (AvgIpc) is 3.32. The van der Waals surface area contributed by atoms with Gasteiger partial charge in [0.2, 0.25) is 0 Å². The number of hydrogen-bond acceptors (Lipinski definition) is 0. The summed E-state index contributed by atoms with van der Waals surface area (Å²) in [5, 5.41) is 0. The van der Waals surface area contributed by atoms with E-state index in [1.807, 2.05) is 0 Å². The number of aryl methyl sites for hydroxylation is 2. The van der Waals surface area contributed by atoms with Crippen LogP contribution in [0.4, 0.5) is 0 Å². The maximum atomic E-state index is 3.43. The van der Waals surface area contributed by atoms with Crippen molar-refractivity contribution in [2.75, 3.05) is 0 Å².